The summed E-state index contributed by atoms with van der Waals surface area (Å²) in [5.74, 6) is 2.53. The highest BCUT2D eigenvalue weighted by Crippen LogP contribution is 2.35. The zero-order chi connectivity index (χ0) is 18.4. The Morgan fingerprint density at radius 2 is 1.80 bits per heavy atom. The van der Waals surface area contributed by atoms with Crippen LogP contribution < -0.4 is 4.74 Å². The van der Waals surface area contributed by atoms with E-state index in [1.54, 1.807) is 6.20 Å². The molecule has 0 bridgehead atoms. The molecule has 5 heteroatoms. The second-order valence-electron chi connectivity index (χ2n) is 7.67. The van der Waals surface area contributed by atoms with E-state index < -0.39 is 0 Å². The maximum Gasteiger partial charge on any atom is 0.148 e. The van der Waals surface area contributed by atoms with Crippen LogP contribution in [-0.4, -0.2) is 25.1 Å². The van der Waals surface area contributed by atoms with Crippen molar-refractivity contribution in [2.75, 3.05) is 0 Å². The van der Waals surface area contributed by atoms with Crippen LogP contribution in [0.3, 0.4) is 0 Å². The lowest BCUT2D eigenvalue weighted by Gasteiger charge is -2.22. The molecular weight excluding hydrogens is 312 g/mol. The Hall–Kier alpha value is -2.43. The molecule has 2 heterocycles. The maximum absolute atomic E-state index is 6.24. The SMILES string of the molecule is Cc1nccc(-c2cc(OC(C)(C)C)c3nc(C)n(C(C)C)c3c2)n1. The van der Waals surface area contributed by atoms with Crippen LogP contribution in [0.1, 0.15) is 52.3 Å². The van der Waals surface area contributed by atoms with Crippen molar-refractivity contribution in [3.8, 4) is 17.0 Å². The normalized spacial score (nSPS) is 12.2. The van der Waals surface area contributed by atoms with E-state index in [1.165, 1.54) is 0 Å². The first-order valence-electron chi connectivity index (χ1n) is 8.67. The summed E-state index contributed by atoms with van der Waals surface area (Å²) in [6.45, 7) is 14.4. The first-order chi connectivity index (χ1) is 11.7. The summed E-state index contributed by atoms with van der Waals surface area (Å²) >= 11 is 0. The Morgan fingerprint density at radius 1 is 1.08 bits per heavy atom. The topological polar surface area (TPSA) is 52.8 Å². The van der Waals surface area contributed by atoms with Crippen LogP contribution in [0.5, 0.6) is 5.75 Å². The molecule has 3 aromatic rings. The van der Waals surface area contributed by atoms with E-state index in [-0.39, 0.29) is 5.60 Å². The van der Waals surface area contributed by atoms with Crippen molar-refractivity contribution in [2.24, 2.45) is 0 Å². The molecule has 132 valence electrons. The number of benzene rings is 1. The molecule has 0 saturated heterocycles. The molecule has 0 saturated carbocycles. The molecule has 0 aliphatic heterocycles. The summed E-state index contributed by atoms with van der Waals surface area (Å²) in [6, 6.07) is 6.42. The quantitative estimate of drug-likeness (QED) is 0.684. The number of aromatic nitrogens is 4. The van der Waals surface area contributed by atoms with E-state index in [0.717, 1.165) is 39.7 Å². The zero-order valence-electron chi connectivity index (χ0n) is 16.1. The third kappa shape index (κ3) is 3.50. The van der Waals surface area contributed by atoms with Gasteiger partial charge in [-0.3, -0.25) is 0 Å². The van der Waals surface area contributed by atoms with Gasteiger partial charge in [-0.1, -0.05) is 0 Å². The van der Waals surface area contributed by atoms with Gasteiger partial charge in [0.05, 0.1) is 11.2 Å². The molecule has 0 N–H and O–H groups in total. The van der Waals surface area contributed by atoms with Crippen molar-refractivity contribution in [3.63, 3.8) is 0 Å². The number of ether oxygens (including phenoxy) is 1. The molecule has 25 heavy (non-hydrogen) atoms. The molecule has 5 nitrogen and oxygen atoms in total. The number of fused-ring (bicyclic) bond motifs is 1. The molecule has 0 unspecified atom stereocenters. The molecule has 0 spiro atoms. The Morgan fingerprint density at radius 3 is 2.40 bits per heavy atom. The lowest BCUT2D eigenvalue weighted by atomic mass is 10.1. The van der Waals surface area contributed by atoms with Gasteiger partial charge in [-0.05, 0) is 66.7 Å². The molecule has 0 aliphatic rings. The molecule has 0 atom stereocenters. The first-order valence-corrected chi connectivity index (χ1v) is 8.67. The molecule has 3 rings (SSSR count). The molecular formula is C20H26N4O. The number of aryl methyl sites for hydroxylation is 2. The lowest BCUT2D eigenvalue weighted by Crippen LogP contribution is -2.23. The Bertz CT molecular complexity index is 919. The number of imidazole rings is 1. The van der Waals surface area contributed by atoms with Crippen molar-refractivity contribution in [3.05, 3.63) is 36.0 Å². The van der Waals surface area contributed by atoms with Gasteiger partial charge in [0.25, 0.3) is 0 Å². The molecule has 1 aromatic carbocycles. The molecule has 0 radical (unpaired) electrons. The van der Waals surface area contributed by atoms with Gasteiger partial charge in [-0.2, -0.15) is 0 Å². The molecule has 0 amide bonds. The van der Waals surface area contributed by atoms with Gasteiger partial charge in [-0.25, -0.2) is 15.0 Å². The number of nitrogens with zero attached hydrogens (tertiary/aromatic N) is 4. The van der Waals surface area contributed by atoms with E-state index in [4.69, 9.17) is 9.72 Å². The van der Waals surface area contributed by atoms with Gasteiger partial charge in [0.2, 0.25) is 0 Å². The van der Waals surface area contributed by atoms with Crippen molar-refractivity contribution in [1.29, 1.82) is 0 Å². The van der Waals surface area contributed by atoms with Gasteiger partial charge < -0.3 is 9.30 Å². The smallest absolute Gasteiger partial charge is 0.148 e. The van der Waals surface area contributed by atoms with E-state index in [2.05, 4.69) is 34.4 Å². The van der Waals surface area contributed by atoms with Crippen LogP contribution in [0.25, 0.3) is 22.3 Å². The van der Waals surface area contributed by atoms with E-state index in [0.29, 0.717) is 6.04 Å². The van der Waals surface area contributed by atoms with Crippen LogP contribution in [0.4, 0.5) is 0 Å². The minimum Gasteiger partial charge on any atom is -0.486 e. The fourth-order valence-electron chi connectivity index (χ4n) is 3.10. The Labute approximate surface area is 149 Å². The second-order valence-corrected chi connectivity index (χ2v) is 7.67. The highest BCUT2D eigenvalue weighted by molar-refractivity contribution is 5.88. The van der Waals surface area contributed by atoms with Crippen molar-refractivity contribution < 1.29 is 4.74 Å². The monoisotopic (exact) mass is 338 g/mol. The van der Waals surface area contributed by atoms with Gasteiger partial charge in [0.1, 0.15) is 28.5 Å². The van der Waals surface area contributed by atoms with Crippen LogP contribution in [0.2, 0.25) is 0 Å². The van der Waals surface area contributed by atoms with Crippen LogP contribution in [0, 0.1) is 13.8 Å². The van der Waals surface area contributed by atoms with Crippen molar-refractivity contribution >= 4 is 11.0 Å². The minimum atomic E-state index is -0.303. The van der Waals surface area contributed by atoms with Crippen LogP contribution in [0.15, 0.2) is 24.4 Å². The number of hydrogen-bond acceptors (Lipinski definition) is 4. The van der Waals surface area contributed by atoms with E-state index >= 15 is 0 Å². The van der Waals surface area contributed by atoms with Gasteiger partial charge in [0, 0.05) is 17.8 Å². The van der Waals surface area contributed by atoms with Crippen molar-refractivity contribution in [2.45, 2.75) is 60.1 Å². The standard InChI is InChI=1S/C20H26N4O/c1-12(2)24-14(4)23-19-17(24)10-15(11-18(19)25-20(5,6)7)16-8-9-21-13(3)22-16/h8-12H,1-7H3. The second kappa shape index (κ2) is 6.14. The molecule has 0 fully saturated rings. The number of hydrogen-bond donors (Lipinski definition) is 0. The fraction of sp³-hybridized carbons (Fsp3) is 0.450. The maximum atomic E-state index is 6.24. The van der Waals surface area contributed by atoms with Crippen molar-refractivity contribution in [1.82, 2.24) is 19.5 Å². The van der Waals surface area contributed by atoms with Gasteiger partial charge in [-0.15, -0.1) is 0 Å². The van der Waals surface area contributed by atoms with Gasteiger partial charge in [0.15, 0.2) is 0 Å². The summed E-state index contributed by atoms with van der Waals surface area (Å²) in [5.41, 5.74) is 3.57. The summed E-state index contributed by atoms with van der Waals surface area (Å²) < 4.78 is 8.47. The Kier molecular flexibility index (Phi) is 4.27. The van der Waals surface area contributed by atoms with E-state index in [1.807, 2.05) is 46.8 Å². The highest BCUT2D eigenvalue weighted by Gasteiger charge is 2.20. The summed E-state index contributed by atoms with van der Waals surface area (Å²) in [4.78, 5) is 13.5. The summed E-state index contributed by atoms with van der Waals surface area (Å²) in [7, 11) is 0. The predicted octanol–water partition coefficient (Wildman–Crippen LogP) is 4.87. The zero-order valence-corrected chi connectivity index (χ0v) is 16.1. The largest absolute Gasteiger partial charge is 0.486 e. The number of rotatable bonds is 3. The molecule has 2 aromatic heterocycles. The molecule has 0 aliphatic carbocycles. The predicted molar refractivity (Wildman–Crippen MR) is 101 cm³/mol. The average Bonchev–Trinajstić information content (AvgIpc) is 2.82. The average molecular weight is 338 g/mol. The van der Waals surface area contributed by atoms with Crippen LogP contribution >= 0.6 is 0 Å². The minimum absolute atomic E-state index is 0.303. The van der Waals surface area contributed by atoms with Gasteiger partial charge >= 0.3 is 0 Å². The Balaban J connectivity index is 2.30. The third-order valence-corrected chi connectivity index (χ3v) is 3.94. The highest BCUT2D eigenvalue weighted by atomic mass is 16.5. The first kappa shape index (κ1) is 17.4. The fourth-order valence-corrected chi connectivity index (χ4v) is 3.10. The third-order valence-electron chi connectivity index (χ3n) is 3.94. The summed E-state index contributed by atoms with van der Waals surface area (Å²) in [6.07, 6.45) is 1.79. The lowest BCUT2D eigenvalue weighted by molar-refractivity contribution is 0.133. The van der Waals surface area contributed by atoms with Crippen LogP contribution in [-0.2, 0) is 0 Å². The summed E-state index contributed by atoms with van der Waals surface area (Å²) in [5, 5.41) is 0. The van der Waals surface area contributed by atoms with E-state index in [9.17, 15) is 0 Å².